The summed E-state index contributed by atoms with van der Waals surface area (Å²) in [5, 5.41) is 0. The van der Waals surface area contributed by atoms with Crippen molar-refractivity contribution in [3.05, 3.63) is 66.0 Å². The van der Waals surface area contributed by atoms with Gasteiger partial charge in [-0.05, 0) is 25.2 Å². The standard InChI is InChI=1S/C25H28N4O3/c1-4-28(5-2)13-14-32-21-12-11-20(15-22(21)31-3)29-17-19-16-26-24(27-23(19)25(29)30)18-9-7-6-8-10-18/h6-12,15-16H,4-5,13-14,17H2,1-3H3. The topological polar surface area (TPSA) is 67.8 Å². The summed E-state index contributed by atoms with van der Waals surface area (Å²) in [4.78, 5) is 26.1. The summed E-state index contributed by atoms with van der Waals surface area (Å²) in [7, 11) is 1.61. The van der Waals surface area contributed by atoms with Gasteiger partial charge in [0.05, 0.1) is 13.7 Å². The van der Waals surface area contributed by atoms with Crippen molar-refractivity contribution in [3.63, 3.8) is 0 Å². The molecule has 0 radical (unpaired) electrons. The quantitative estimate of drug-likeness (QED) is 0.509. The molecule has 7 heteroatoms. The molecule has 0 fully saturated rings. The first-order valence-corrected chi connectivity index (χ1v) is 10.9. The summed E-state index contributed by atoms with van der Waals surface area (Å²) in [6.45, 7) is 8.09. The number of rotatable bonds is 9. The fraction of sp³-hybridized carbons (Fsp3) is 0.320. The molecule has 4 rings (SSSR count). The van der Waals surface area contributed by atoms with Crippen LogP contribution in [0.15, 0.2) is 54.7 Å². The minimum atomic E-state index is -0.142. The summed E-state index contributed by atoms with van der Waals surface area (Å²) in [6.07, 6.45) is 1.74. The third-order valence-corrected chi connectivity index (χ3v) is 5.69. The highest BCUT2D eigenvalue weighted by molar-refractivity contribution is 6.08. The number of anilines is 1. The minimum Gasteiger partial charge on any atom is -0.493 e. The average Bonchev–Trinajstić information content (AvgIpc) is 3.18. The number of likely N-dealkylation sites (N-methyl/N-ethyl adjacent to an activating group) is 1. The Balaban J connectivity index is 1.51. The van der Waals surface area contributed by atoms with Crippen LogP contribution in [-0.4, -0.2) is 54.1 Å². The molecular formula is C25H28N4O3. The highest BCUT2D eigenvalue weighted by Crippen LogP contribution is 2.35. The maximum atomic E-state index is 13.1. The van der Waals surface area contributed by atoms with Crippen LogP contribution in [0.1, 0.15) is 29.9 Å². The second-order valence-electron chi connectivity index (χ2n) is 7.54. The van der Waals surface area contributed by atoms with Gasteiger partial charge in [0.15, 0.2) is 17.3 Å². The molecule has 1 aliphatic heterocycles. The van der Waals surface area contributed by atoms with Gasteiger partial charge in [0.1, 0.15) is 12.3 Å². The monoisotopic (exact) mass is 432 g/mol. The van der Waals surface area contributed by atoms with Gasteiger partial charge in [-0.3, -0.25) is 4.79 Å². The SMILES string of the molecule is CCN(CC)CCOc1ccc(N2Cc3cnc(-c4ccccc4)nc3C2=O)cc1OC. The van der Waals surface area contributed by atoms with Gasteiger partial charge in [0.25, 0.3) is 5.91 Å². The van der Waals surface area contributed by atoms with E-state index in [9.17, 15) is 4.79 Å². The number of methoxy groups -OCH3 is 1. The Kier molecular flexibility index (Phi) is 6.66. The van der Waals surface area contributed by atoms with Crippen molar-refractivity contribution in [2.24, 2.45) is 0 Å². The van der Waals surface area contributed by atoms with Crippen molar-refractivity contribution in [3.8, 4) is 22.9 Å². The molecule has 1 amide bonds. The summed E-state index contributed by atoms with van der Waals surface area (Å²) >= 11 is 0. The van der Waals surface area contributed by atoms with Crippen molar-refractivity contribution < 1.29 is 14.3 Å². The molecule has 0 N–H and O–H groups in total. The lowest BCUT2D eigenvalue weighted by atomic mass is 10.2. The summed E-state index contributed by atoms with van der Waals surface area (Å²) < 4.78 is 11.5. The molecule has 0 atom stereocenters. The fourth-order valence-electron chi connectivity index (χ4n) is 3.78. The molecule has 0 unspecified atom stereocenters. The molecule has 2 heterocycles. The number of aromatic nitrogens is 2. The number of amides is 1. The highest BCUT2D eigenvalue weighted by atomic mass is 16.5. The van der Waals surface area contributed by atoms with E-state index in [0.717, 1.165) is 36.4 Å². The number of carbonyl (C=O) groups excluding carboxylic acids is 1. The van der Waals surface area contributed by atoms with Crippen LogP contribution in [0.5, 0.6) is 11.5 Å². The number of fused-ring (bicyclic) bond motifs is 1. The van der Waals surface area contributed by atoms with E-state index in [1.807, 2.05) is 48.5 Å². The van der Waals surface area contributed by atoms with Gasteiger partial charge >= 0.3 is 0 Å². The van der Waals surface area contributed by atoms with Crippen molar-refractivity contribution in [1.82, 2.24) is 14.9 Å². The molecule has 166 valence electrons. The molecule has 32 heavy (non-hydrogen) atoms. The third-order valence-electron chi connectivity index (χ3n) is 5.69. The van der Waals surface area contributed by atoms with Crippen molar-refractivity contribution in [2.75, 3.05) is 38.3 Å². The smallest absolute Gasteiger partial charge is 0.277 e. The Morgan fingerprint density at radius 3 is 2.56 bits per heavy atom. The highest BCUT2D eigenvalue weighted by Gasteiger charge is 2.31. The first-order valence-electron chi connectivity index (χ1n) is 10.9. The number of benzene rings is 2. The number of hydrogen-bond donors (Lipinski definition) is 0. The molecule has 3 aromatic rings. The average molecular weight is 433 g/mol. The Morgan fingerprint density at radius 2 is 1.84 bits per heavy atom. The van der Waals surface area contributed by atoms with E-state index in [4.69, 9.17) is 9.47 Å². The van der Waals surface area contributed by atoms with Gasteiger partial charge in [-0.1, -0.05) is 44.2 Å². The van der Waals surface area contributed by atoms with Gasteiger partial charge in [-0.15, -0.1) is 0 Å². The van der Waals surface area contributed by atoms with Gasteiger partial charge < -0.3 is 19.3 Å². The molecule has 2 aromatic carbocycles. The van der Waals surface area contributed by atoms with E-state index in [-0.39, 0.29) is 5.91 Å². The fourth-order valence-corrected chi connectivity index (χ4v) is 3.78. The zero-order chi connectivity index (χ0) is 22.5. The minimum absolute atomic E-state index is 0.142. The van der Waals surface area contributed by atoms with Crippen LogP contribution < -0.4 is 14.4 Å². The van der Waals surface area contributed by atoms with Crippen LogP contribution in [0.25, 0.3) is 11.4 Å². The van der Waals surface area contributed by atoms with Gasteiger partial charge in [0.2, 0.25) is 0 Å². The lowest BCUT2D eigenvalue weighted by Crippen LogP contribution is -2.28. The number of nitrogens with zero attached hydrogens (tertiary/aromatic N) is 4. The predicted molar refractivity (Wildman–Crippen MR) is 124 cm³/mol. The Labute approximate surface area is 188 Å². The van der Waals surface area contributed by atoms with Crippen LogP contribution in [-0.2, 0) is 6.54 Å². The third kappa shape index (κ3) is 4.43. The Morgan fingerprint density at radius 1 is 1.06 bits per heavy atom. The van der Waals surface area contributed by atoms with Crippen LogP contribution in [0.3, 0.4) is 0 Å². The maximum Gasteiger partial charge on any atom is 0.277 e. The van der Waals surface area contributed by atoms with Crippen molar-refractivity contribution in [2.45, 2.75) is 20.4 Å². The van der Waals surface area contributed by atoms with Crippen molar-refractivity contribution in [1.29, 1.82) is 0 Å². The van der Waals surface area contributed by atoms with Gasteiger partial charge in [-0.25, -0.2) is 9.97 Å². The molecule has 0 bridgehead atoms. The van der Waals surface area contributed by atoms with Gasteiger partial charge in [-0.2, -0.15) is 0 Å². The lowest BCUT2D eigenvalue weighted by molar-refractivity contribution is 0.0992. The summed E-state index contributed by atoms with van der Waals surface area (Å²) in [5.74, 6) is 1.67. The molecule has 0 spiro atoms. The molecule has 0 saturated carbocycles. The van der Waals surface area contributed by atoms with Crippen LogP contribution in [0.2, 0.25) is 0 Å². The van der Waals surface area contributed by atoms with E-state index < -0.39 is 0 Å². The van der Waals surface area contributed by atoms with E-state index in [2.05, 4.69) is 28.7 Å². The Hall–Kier alpha value is -3.45. The van der Waals surface area contributed by atoms with Crippen molar-refractivity contribution >= 4 is 11.6 Å². The van der Waals surface area contributed by atoms with E-state index in [1.54, 1.807) is 18.2 Å². The van der Waals surface area contributed by atoms with E-state index in [1.165, 1.54) is 0 Å². The van der Waals surface area contributed by atoms with Crippen LogP contribution in [0.4, 0.5) is 5.69 Å². The molecular weight excluding hydrogens is 404 g/mol. The molecule has 0 saturated heterocycles. The van der Waals surface area contributed by atoms with E-state index >= 15 is 0 Å². The molecule has 1 aromatic heterocycles. The Bertz CT molecular complexity index is 1080. The first kappa shape index (κ1) is 21.8. The number of ether oxygens (including phenoxy) is 2. The van der Waals surface area contributed by atoms with E-state index in [0.29, 0.717) is 36.2 Å². The zero-order valence-electron chi connectivity index (χ0n) is 18.7. The molecule has 0 aliphatic carbocycles. The zero-order valence-corrected chi connectivity index (χ0v) is 18.7. The normalized spacial score (nSPS) is 12.9. The second-order valence-corrected chi connectivity index (χ2v) is 7.54. The lowest BCUT2D eigenvalue weighted by Gasteiger charge is -2.20. The summed E-state index contributed by atoms with van der Waals surface area (Å²) in [6, 6.07) is 15.2. The summed E-state index contributed by atoms with van der Waals surface area (Å²) in [5.41, 5.74) is 2.88. The van der Waals surface area contributed by atoms with Gasteiger partial charge in [0, 0.05) is 35.6 Å². The predicted octanol–water partition coefficient (Wildman–Crippen LogP) is 4.03. The molecule has 7 nitrogen and oxygen atoms in total. The number of carbonyl (C=O) groups is 1. The van der Waals surface area contributed by atoms with Crippen LogP contribution in [0, 0.1) is 0 Å². The number of hydrogen-bond acceptors (Lipinski definition) is 6. The first-order chi connectivity index (χ1) is 15.6. The molecule has 1 aliphatic rings. The maximum absolute atomic E-state index is 13.1. The second kappa shape index (κ2) is 9.78. The van der Waals surface area contributed by atoms with Crippen LogP contribution >= 0.6 is 0 Å². The largest absolute Gasteiger partial charge is 0.493 e.